The van der Waals surface area contributed by atoms with Gasteiger partial charge in [-0.3, -0.25) is 4.79 Å². The second-order valence-electron chi connectivity index (χ2n) is 9.14. The largest absolute Gasteiger partial charge is 0.360 e. The maximum atomic E-state index is 13.0. The molecule has 1 aliphatic heterocycles. The van der Waals surface area contributed by atoms with Crippen molar-refractivity contribution in [1.29, 1.82) is 0 Å². The Bertz CT molecular complexity index is 1130. The predicted molar refractivity (Wildman–Crippen MR) is 124 cm³/mol. The maximum Gasteiger partial charge on any atom is 0.260 e. The lowest BCUT2D eigenvalue weighted by Gasteiger charge is -2.36. The monoisotopic (exact) mass is 423 g/mol. The zero-order valence-corrected chi connectivity index (χ0v) is 18.9. The van der Waals surface area contributed by atoms with E-state index in [9.17, 15) is 4.79 Å². The number of nitrogens with zero attached hydrogens (tertiary/aromatic N) is 2. The van der Waals surface area contributed by atoms with Gasteiger partial charge in [0.25, 0.3) is 5.56 Å². The number of H-pyrrole nitrogens is 1. The predicted octanol–water partition coefficient (Wildman–Crippen LogP) is 2.88. The van der Waals surface area contributed by atoms with Crippen molar-refractivity contribution in [3.05, 3.63) is 56.4 Å². The van der Waals surface area contributed by atoms with Crippen molar-refractivity contribution >= 4 is 27.2 Å². The van der Waals surface area contributed by atoms with Gasteiger partial charge in [-0.1, -0.05) is 25.1 Å². The molecule has 3 heterocycles. The van der Waals surface area contributed by atoms with Gasteiger partial charge in [-0.2, -0.15) is 0 Å². The van der Waals surface area contributed by atoms with Gasteiger partial charge in [0.05, 0.1) is 31.6 Å². The third-order valence-electron chi connectivity index (χ3n) is 7.07. The molecule has 5 rings (SSSR count). The van der Waals surface area contributed by atoms with Crippen molar-refractivity contribution in [3.63, 3.8) is 0 Å². The molecule has 2 N–H and O–H groups in total. The standard InChI is InChI=1S/C24H30N4OS/c1-15-8-9-18-20(14-15)30-24-21(18)23(29)25-22(26-24)17(3)27-10-12-28(13-11-27)19-7-5-4-6-16(19)2/h4-7,15,17H,8-14H2,1-3H3,(H,25,26,29)/p+1/t15-,17-/m1/s1. The first-order chi connectivity index (χ1) is 14.5. The van der Waals surface area contributed by atoms with Crippen LogP contribution in [0.4, 0.5) is 5.69 Å². The van der Waals surface area contributed by atoms with Gasteiger partial charge in [0.2, 0.25) is 0 Å². The first-order valence-electron chi connectivity index (χ1n) is 11.2. The van der Waals surface area contributed by atoms with Crippen molar-refractivity contribution in [1.82, 2.24) is 9.97 Å². The molecular formula is C24H31N4OS+. The van der Waals surface area contributed by atoms with Crippen LogP contribution in [0.25, 0.3) is 10.2 Å². The summed E-state index contributed by atoms with van der Waals surface area (Å²) in [5, 5.41) is 0.859. The van der Waals surface area contributed by atoms with Gasteiger partial charge in [0, 0.05) is 10.6 Å². The minimum Gasteiger partial charge on any atom is -0.360 e. The molecule has 2 aliphatic rings. The highest BCUT2D eigenvalue weighted by Crippen LogP contribution is 2.35. The summed E-state index contributed by atoms with van der Waals surface area (Å²) in [6.07, 6.45) is 3.28. The number of para-hydroxylation sites is 1. The summed E-state index contributed by atoms with van der Waals surface area (Å²) < 4.78 is 0. The summed E-state index contributed by atoms with van der Waals surface area (Å²) in [6.45, 7) is 10.9. The van der Waals surface area contributed by atoms with E-state index in [4.69, 9.17) is 4.98 Å². The lowest BCUT2D eigenvalue weighted by atomic mass is 9.89. The fourth-order valence-electron chi connectivity index (χ4n) is 5.15. The van der Waals surface area contributed by atoms with E-state index in [2.05, 4.69) is 54.9 Å². The highest BCUT2D eigenvalue weighted by molar-refractivity contribution is 7.18. The van der Waals surface area contributed by atoms with Crippen LogP contribution < -0.4 is 15.4 Å². The molecule has 0 radical (unpaired) electrons. The van der Waals surface area contributed by atoms with Crippen molar-refractivity contribution in [2.45, 2.75) is 46.1 Å². The molecule has 0 spiro atoms. The summed E-state index contributed by atoms with van der Waals surface area (Å²) in [6, 6.07) is 8.82. The number of aromatic amines is 1. The van der Waals surface area contributed by atoms with Gasteiger partial charge in [-0.05, 0) is 56.2 Å². The van der Waals surface area contributed by atoms with Gasteiger partial charge >= 0.3 is 0 Å². The van der Waals surface area contributed by atoms with Crippen LogP contribution in [-0.4, -0.2) is 36.1 Å². The highest BCUT2D eigenvalue weighted by atomic mass is 32.1. The lowest BCUT2D eigenvalue weighted by molar-refractivity contribution is -0.930. The Hall–Kier alpha value is -2.18. The van der Waals surface area contributed by atoms with Gasteiger partial charge < -0.3 is 14.8 Å². The van der Waals surface area contributed by atoms with Crippen LogP contribution in [-0.2, 0) is 12.8 Å². The molecule has 3 aromatic rings. The summed E-state index contributed by atoms with van der Waals surface area (Å²) in [4.78, 5) is 27.4. The van der Waals surface area contributed by atoms with Crippen LogP contribution in [0, 0.1) is 12.8 Å². The Morgan fingerprint density at radius 1 is 1.27 bits per heavy atom. The molecule has 2 aromatic heterocycles. The number of anilines is 1. The molecule has 1 aromatic carbocycles. The molecule has 6 heteroatoms. The number of fused-ring (bicyclic) bond motifs is 3. The van der Waals surface area contributed by atoms with E-state index in [1.165, 1.54) is 33.0 Å². The van der Waals surface area contributed by atoms with E-state index >= 15 is 0 Å². The van der Waals surface area contributed by atoms with E-state index in [1.807, 2.05) is 0 Å². The van der Waals surface area contributed by atoms with E-state index in [1.54, 1.807) is 11.3 Å². The average Bonchev–Trinajstić information content (AvgIpc) is 3.11. The van der Waals surface area contributed by atoms with Crippen molar-refractivity contribution < 1.29 is 4.90 Å². The number of quaternary nitrogens is 1. The fourth-order valence-corrected chi connectivity index (χ4v) is 6.54. The molecule has 30 heavy (non-hydrogen) atoms. The van der Waals surface area contributed by atoms with Crippen LogP contribution in [0.15, 0.2) is 29.1 Å². The van der Waals surface area contributed by atoms with E-state index in [0.29, 0.717) is 5.92 Å². The fraction of sp³-hybridized carbons (Fsp3) is 0.500. The number of aromatic nitrogens is 2. The van der Waals surface area contributed by atoms with Crippen molar-refractivity contribution in [2.24, 2.45) is 5.92 Å². The first kappa shape index (κ1) is 19.8. The van der Waals surface area contributed by atoms with Crippen LogP contribution in [0.5, 0.6) is 0 Å². The quantitative estimate of drug-likeness (QED) is 0.681. The second-order valence-corrected chi connectivity index (χ2v) is 10.2. The summed E-state index contributed by atoms with van der Waals surface area (Å²) in [5.41, 5.74) is 4.00. The number of rotatable bonds is 3. The van der Waals surface area contributed by atoms with E-state index in [0.717, 1.165) is 55.1 Å². The molecule has 2 atom stereocenters. The lowest BCUT2D eigenvalue weighted by Crippen LogP contribution is -3.14. The Kier molecular flexibility index (Phi) is 5.15. The zero-order valence-electron chi connectivity index (χ0n) is 18.1. The van der Waals surface area contributed by atoms with Gasteiger partial charge in [-0.15, -0.1) is 11.3 Å². The van der Waals surface area contributed by atoms with Gasteiger partial charge in [0.15, 0.2) is 5.82 Å². The van der Waals surface area contributed by atoms with Crippen molar-refractivity contribution in [2.75, 3.05) is 31.1 Å². The van der Waals surface area contributed by atoms with Crippen molar-refractivity contribution in [3.8, 4) is 0 Å². The Balaban J connectivity index is 1.36. The molecule has 1 saturated heterocycles. The molecule has 158 valence electrons. The molecular weight excluding hydrogens is 392 g/mol. The number of hydrogen-bond donors (Lipinski definition) is 2. The van der Waals surface area contributed by atoms with E-state index in [-0.39, 0.29) is 11.6 Å². The first-order valence-corrected chi connectivity index (χ1v) is 12.0. The SMILES string of the molecule is Cc1ccccc1N1CC[NH+]([C@H](C)c2nc3sc4c(c3c(=O)[nH]2)CC[C@@H](C)C4)CC1. The maximum absolute atomic E-state index is 13.0. The number of benzene rings is 1. The molecule has 0 bridgehead atoms. The van der Waals surface area contributed by atoms with Gasteiger partial charge in [-0.25, -0.2) is 4.98 Å². The Morgan fingerprint density at radius 2 is 2.03 bits per heavy atom. The van der Waals surface area contributed by atoms with Crippen LogP contribution >= 0.6 is 11.3 Å². The number of hydrogen-bond acceptors (Lipinski definition) is 4. The molecule has 0 unspecified atom stereocenters. The van der Waals surface area contributed by atoms with Gasteiger partial charge in [0.1, 0.15) is 10.9 Å². The average molecular weight is 424 g/mol. The molecule has 1 fully saturated rings. The summed E-state index contributed by atoms with van der Waals surface area (Å²) >= 11 is 1.75. The normalized spacial score (nSPS) is 21.0. The Morgan fingerprint density at radius 3 is 2.80 bits per heavy atom. The number of thiophene rings is 1. The van der Waals surface area contributed by atoms with E-state index < -0.39 is 0 Å². The smallest absolute Gasteiger partial charge is 0.260 e. The number of nitrogens with one attached hydrogen (secondary N) is 2. The highest BCUT2D eigenvalue weighted by Gasteiger charge is 2.29. The third kappa shape index (κ3) is 3.46. The zero-order chi connectivity index (χ0) is 20.8. The van der Waals surface area contributed by atoms with Crippen LogP contribution in [0.3, 0.4) is 0 Å². The Labute approximate surface area is 181 Å². The third-order valence-corrected chi connectivity index (χ3v) is 8.22. The molecule has 0 saturated carbocycles. The summed E-state index contributed by atoms with van der Waals surface area (Å²) in [7, 11) is 0. The minimum absolute atomic E-state index is 0.0619. The second kappa shape index (κ2) is 7.82. The van der Waals surface area contributed by atoms with Crippen LogP contribution in [0.2, 0.25) is 0 Å². The minimum atomic E-state index is 0.0619. The molecule has 5 nitrogen and oxygen atoms in total. The van der Waals surface area contributed by atoms with Crippen LogP contribution in [0.1, 0.15) is 48.1 Å². The number of piperazine rings is 1. The molecule has 0 amide bonds. The number of aryl methyl sites for hydroxylation is 2. The molecule has 1 aliphatic carbocycles. The summed E-state index contributed by atoms with van der Waals surface area (Å²) in [5.74, 6) is 1.55. The topological polar surface area (TPSA) is 53.4 Å².